The van der Waals surface area contributed by atoms with E-state index in [2.05, 4.69) is 39.4 Å². The van der Waals surface area contributed by atoms with E-state index in [4.69, 9.17) is 5.73 Å². The molecule has 2 aliphatic rings. The summed E-state index contributed by atoms with van der Waals surface area (Å²) < 4.78 is 40.9. The molecule has 1 aromatic heterocycles. The van der Waals surface area contributed by atoms with Crippen molar-refractivity contribution in [1.82, 2.24) is 20.2 Å². The standard InChI is InChI=1S/C27H42F3N7O/c1-4-9-20(10-5-2)33-16-18(6-3)23(31)35-26-34-17-22(27(28,29)30)24(36-26)32-13-8-14-37-21-12-7-11-19(15-21)25(37)38/h16-17,19-21,33H,4-15H2,1-3H3,(H3,31,32,34,35,36)/b18-16-. The van der Waals surface area contributed by atoms with E-state index in [-0.39, 0.29) is 42.0 Å². The number of likely N-dealkylation sites (tertiary alicyclic amines) is 1. The summed E-state index contributed by atoms with van der Waals surface area (Å²) in [7, 11) is 0. The minimum atomic E-state index is -4.62. The van der Waals surface area contributed by atoms with Gasteiger partial charge in [-0.15, -0.1) is 0 Å². The number of amidine groups is 1. The summed E-state index contributed by atoms with van der Waals surface area (Å²) in [5.74, 6) is -0.0115. The number of nitrogens with zero attached hydrogens (tertiary/aromatic N) is 4. The Kier molecular flexibility index (Phi) is 10.8. The van der Waals surface area contributed by atoms with Gasteiger partial charge in [0.1, 0.15) is 17.2 Å². The largest absolute Gasteiger partial charge is 0.421 e. The number of nitrogens with one attached hydrogen (secondary N) is 2. The van der Waals surface area contributed by atoms with Gasteiger partial charge in [0.25, 0.3) is 5.95 Å². The van der Waals surface area contributed by atoms with Gasteiger partial charge in [0.05, 0.1) is 0 Å². The fourth-order valence-corrected chi connectivity index (χ4v) is 5.37. The van der Waals surface area contributed by atoms with Gasteiger partial charge in [-0.3, -0.25) is 4.79 Å². The van der Waals surface area contributed by atoms with Crippen LogP contribution in [0, 0.1) is 5.92 Å². The lowest BCUT2D eigenvalue weighted by atomic mass is 9.90. The molecule has 0 aromatic carbocycles. The first-order chi connectivity index (χ1) is 18.2. The molecule has 1 saturated carbocycles. The Morgan fingerprint density at radius 1 is 1.26 bits per heavy atom. The second-order valence-corrected chi connectivity index (χ2v) is 10.2. The predicted molar refractivity (Wildman–Crippen MR) is 144 cm³/mol. The molecule has 0 radical (unpaired) electrons. The summed E-state index contributed by atoms with van der Waals surface area (Å²) in [5, 5.41) is 6.20. The highest BCUT2D eigenvalue weighted by Gasteiger charge is 2.41. The molecule has 2 heterocycles. The number of rotatable bonds is 14. The maximum atomic E-state index is 13.6. The first-order valence-corrected chi connectivity index (χ1v) is 14.0. The molecule has 1 amide bonds. The lowest BCUT2D eigenvalue weighted by Crippen LogP contribution is -2.34. The van der Waals surface area contributed by atoms with Crippen molar-refractivity contribution >= 4 is 23.5 Å². The number of amides is 1. The Morgan fingerprint density at radius 2 is 2.00 bits per heavy atom. The van der Waals surface area contributed by atoms with Crippen LogP contribution >= 0.6 is 0 Å². The zero-order chi connectivity index (χ0) is 27.7. The van der Waals surface area contributed by atoms with E-state index in [9.17, 15) is 18.0 Å². The summed E-state index contributed by atoms with van der Waals surface area (Å²) in [6.07, 6.45) is 7.14. The second kappa shape index (κ2) is 13.8. The number of aliphatic imine (C=N–C) groups is 1. The van der Waals surface area contributed by atoms with Crippen LogP contribution in [0.15, 0.2) is 23.0 Å². The number of anilines is 1. The molecule has 1 aliphatic heterocycles. The summed E-state index contributed by atoms with van der Waals surface area (Å²) in [6, 6.07) is 0.595. The van der Waals surface area contributed by atoms with Gasteiger partial charge in [-0.2, -0.15) is 23.1 Å². The van der Waals surface area contributed by atoms with Gasteiger partial charge < -0.3 is 21.3 Å². The Balaban J connectivity index is 1.69. The minimum absolute atomic E-state index is 0.118. The quantitative estimate of drug-likeness (QED) is 0.163. The molecule has 11 heteroatoms. The van der Waals surface area contributed by atoms with Crippen LogP contribution in [-0.2, 0) is 11.0 Å². The van der Waals surface area contributed by atoms with Crippen molar-refractivity contribution in [2.75, 3.05) is 18.4 Å². The molecule has 2 fully saturated rings. The molecular weight excluding hydrogens is 495 g/mol. The molecule has 2 atom stereocenters. The van der Waals surface area contributed by atoms with Gasteiger partial charge in [0.2, 0.25) is 5.91 Å². The first kappa shape index (κ1) is 29.7. The summed E-state index contributed by atoms with van der Waals surface area (Å²) in [4.78, 5) is 26.5. The van der Waals surface area contributed by atoms with Gasteiger partial charge in [-0.05, 0) is 44.9 Å². The third-order valence-electron chi connectivity index (χ3n) is 7.37. The number of hydrogen-bond acceptors (Lipinski definition) is 6. The molecule has 3 rings (SSSR count). The number of halogens is 3. The molecule has 0 spiro atoms. The molecule has 1 saturated heterocycles. The van der Waals surface area contributed by atoms with Crippen LogP contribution in [0.1, 0.15) is 90.5 Å². The van der Waals surface area contributed by atoms with E-state index in [1.54, 1.807) is 0 Å². The number of hydrogen-bond donors (Lipinski definition) is 3. The summed E-state index contributed by atoms with van der Waals surface area (Å²) in [6.45, 7) is 6.96. The molecular formula is C27H42F3N7O. The van der Waals surface area contributed by atoms with Crippen LogP contribution in [0.5, 0.6) is 0 Å². The molecule has 4 N–H and O–H groups in total. The molecule has 2 bridgehead atoms. The van der Waals surface area contributed by atoms with Crippen LogP contribution in [0.3, 0.4) is 0 Å². The van der Waals surface area contributed by atoms with Crippen molar-refractivity contribution in [3.05, 3.63) is 23.5 Å². The van der Waals surface area contributed by atoms with Crippen LogP contribution < -0.4 is 16.4 Å². The van der Waals surface area contributed by atoms with Gasteiger partial charge in [0.15, 0.2) is 0 Å². The fraction of sp³-hybridized carbons (Fsp3) is 0.704. The topological polar surface area (TPSA) is 109 Å². The highest BCUT2D eigenvalue weighted by atomic mass is 19.4. The predicted octanol–water partition coefficient (Wildman–Crippen LogP) is 5.54. The van der Waals surface area contributed by atoms with E-state index in [1.165, 1.54) is 0 Å². The van der Waals surface area contributed by atoms with E-state index in [1.807, 2.05) is 18.0 Å². The molecule has 1 aromatic rings. The lowest BCUT2D eigenvalue weighted by Gasteiger charge is -2.24. The highest BCUT2D eigenvalue weighted by Crippen LogP contribution is 2.37. The third-order valence-corrected chi connectivity index (χ3v) is 7.37. The maximum absolute atomic E-state index is 13.6. The van der Waals surface area contributed by atoms with Crippen LogP contribution in [-0.4, -0.2) is 51.8 Å². The van der Waals surface area contributed by atoms with Crippen molar-refractivity contribution in [1.29, 1.82) is 0 Å². The molecule has 38 heavy (non-hydrogen) atoms. The van der Waals surface area contributed by atoms with Gasteiger partial charge in [-0.1, -0.05) is 40.0 Å². The average molecular weight is 538 g/mol. The zero-order valence-electron chi connectivity index (χ0n) is 22.8. The number of aromatic nitrogens is 2. The Labute approximate surface area is 223 Å². The SMILES string of the molecule is CCCC(CCC)N/C=C(CC)\C(N)=N\c1ncc(C(F)(F)F)c(NCCCN2C(=O)C3CCCC2C3)n1. The number of carbonyl (C=O) groups excluding carboxylic acids is 1. The van der Waals surface area contributed by atoms with E-state index in [0.717, 1.165) is 63.1 Å². The summed E-state index contributed by atoms with van der Waals surface area (Å²) >= 11 is 0. The van der Waals surface area contributed by atoms with Gasteiger partial charge in [0, 0.05) is 49.1 Å². The van der Waals surface area contributed by atoms with Crippen LogP contribution in [0.4, 0.5) is 24.9 Å². The third kappa shape index (κ3) is 7.83. The van der Waals surface area contributed by atoms with E-state index in [0.29, 0.717) is 25.4 Å². The number of alkyl halides is 3. The lowest BCUT2D eigenvalue weighted by molar-refractivity contribution is -0.137. The normalized spacial score (nSPS) is 20.4. The van der Waals surface area contributed by atoms with E-state index < -0.39 is 11.7 Å². The van der Waals surface area contributed by atoms with Gasteiger partial charge in [-0.25, -0.2) is 4.98 Å². The highest BCUT2D eigenvalue weighted by molar-refractivity contribution is 5.98. The Morgan fingerprint density at radius 3 is 2.63 bits per heavy atom. The number of carbonyl (C=O) groups is 1. The second-order valence-electron chi connectivity index (χ2n) is 10.2. The fourth-order valence-electron chi connectivity index (χ4n) is 5.37. The number of nitrogens with two attached hydrogens (primary N) is 1. The first-order valence-electron chi connectivity index (χ1n) is 14.0. The van der Waals surface area contributed by atoms with Crippen LogP contribution in [0.2, 0.25) is 0 Å². The molecule has 8 nitrogen and oxygen atoms in total. The van der Waals surface area contributed by atoms with Crippen molar-refractivity contribution in [2.45, 2.75) is 103 Å². The number of fused-ring (bicyclic) bond motifs is 2. The Hall–Kier alpha value is -2.85. The smallest absolute Gasteiger partial charge is 0.388 e. The van der Waals surface area contributed by atoms with Crippen LogP contribution in [0.25, 0.3) is 0 Å². The Bertz CT molecular complexity index is 989. The maximum Gasteiger partial charge on any atom is 0.421 e. The average Bonchev–Trinajstić information content (AvgIpc) is 3.08. The summed E-state index contributed by atoms with van der Waals surface area (Å²) in [5.41, 5.74) is 5.97. The van der Waals surface area contributed by atoms with E-state index >= 15 is 0 Å². The van der Waals surface area contributed by atoms with Crippen molar-refractivity contribution in [3.63, 3.8) is 0 Å². The monoisotopic (exact) mass is 537 g/mol. The molecule has 212 valence electrons. The van der Waals surface area contributed by atoms with Gasteiger partial charge >= 0.3 is 6.18 Å². The molecule has 2 unspecified atom stereocenters. The zero-order valence-corrected chi connectivity index (χ0v) is 22.8. The molecule has 1 aliphatic carbocycles. The van der Waals surface area contributed by atoms with Crippen molar-refractivity contribution in [2.24, 2.45) is 16.6 Å². The van der Waals surface area contributed by atoms with Crippen molar-refractivity contribution < 1.29 is 18.0 Å². The van der Waals surface area contributed by atoms with Crippen molar-refractivity contribution in [3.8, 4) is 0 Å². The minimum Gasteiger partial charge on any atom is -0.388 e.